The lowest BCUT2D eigenvalue weighted by atomic mass is 9.92. The van der Waals surface area contributed by atoms with Gasteiger partial charge in [-0.2, -0.15) is 0 Å². The number of hydrogen-bond acceptors (Lipinski definition) is 7. The third kappa shape index (κ3) is 9.17. The average Bonchev–Trinajstić information content (AvgIpc) is 3.30. The maximum Gasteiger partial charge on any atom is 0.407 e. The van der Waals surface area contributed by atoms with Crippen molar-refractivity contribution in [3.05, 3.63) is 42.7 Å². The highest BCUT2D eigenvalue weighted by Crippen LogP contribution is 2.31. The molecule has 0 aliphatic heterocycles. The number of alkyl carbamates (subject to hydrolysis) is 1. The molecule has 2 heterocycles. The minimum atomic E-state index is -0.539. The van der Waals surface area contributed by atoms with Gasteiger partial charge < -0.3 is 24.1 Å². The summed E-state index contributed by atoms with van der Waals surface area (Å²) in [5, 5.41) is 2.75. The van der Waals surface area contributed by atoms with Crippen LogP contribution in [0.5, 0.6) is 5.75 Å². The van der Waals surface area contributed by atoms with E-state index >= 15 is 0 Å². The highest BCUT2D eigenvalue weighted by atomic mass is 16.6. The summed E-state index contributed by atoms with van der Waals surface area (Å²) in [4.78, 5) is 33.0. The molecule has 2 aromatic rings. The van der Waals surface area contributed by atoms with Crippen LogP contribution >= 0.6 is 0 Å². The van der Waals surface area contributed by atoms with Crippen LogP contribution in [-0.2, 0) is 20.7 Å². The van der Waals surface area contributed by atoms with Crippen LogP contribution in [0.25, 0.3) is 0 Å². The molecule has 1 amide bonds. The lowest BCUT2D eigenvalue weighted by Gasteiger charge is -2.29. The Kier molecular flexibility index (Phi) is 10.1. The minimum absolute atomic E-state index is 0.217. The maximum atomic E-state index is 12.6. The lowest BCUT2D eigenvalue weighted by Crippen LogP contribution is -2.33. The molecular formula is C27H40N4O5. The van der Waals surface area contributed by atoms with Crippen LogP contribution in [0, 0.1) is 5.92 Å². The van der Waals surface area contributed by atoms with Gasteiger partial charge in [-0.1, -0.05) is 0 Å². The van der Waals surface area contributed by atoms with Crippen molar-refractivity contribution in [2.45, 2.75) is 90.4 Å². The van der Waals surface area contributed by atoms with E-state index in [1.165, 1.54) is 0 Å². The van der Waals surface area contributed by atoms with Crippen molar-refractivity contribution in [2.24, 2.45) is 5.92 Å². The molecule has 0 spiro atoms. The van der Waals surface area contributed by atoms with Crippen molar-refractivity contribution in [1.29, 1.82) is 0 Å². The predicted molar refractivity (Wildman–Crippen MR) is 136 cm³/mol. The van der Waals surface area contributed by atoms with Crippen molar-refractivity contribution >= 4 is 12.1 Å². The van der Waals surface area contributed by atoms with Gasteiger partial charge in [0.2, 0.25) is 0 Å². The van der Waals surface area contributed by atoms with Crippen LogP contribution in [-0.4, -0.2) is 51.5 Å². The molecule has 198 valence electrons. The SMILES string of the molecule is CCOC(=O)C(CCCNC(=O)OC(C)(C)C)Cc1cn([C@H]2CC[C@H](Oc3ccncc3)CC2)cn1. The molecule has 3 rings (SSSR count). The summed E-state index contributed by atoms with van der Waals surface area (Å²) in [6.07, 6.45) is 12.9. The van der Waals surface area contributed by atoms with Gasteiger partial charge in [-0.15, -0.1) is 0 Å². The number of nitrogens with zero attached hydrogens (tertiary/aromatic N) is 3. The number of rotatable bonds is 11. The van der Waals surface area contributed by atoms with E-state index in [1.54, 1.807) is 12.4 Å². The lowest BCUT2D eigenvalue weighted by molar-refractivity contribution is -0.148. The minimum Gasteiger partial charge on any atom is -0.490 e. The zero-order valence-corrected chi connectivity index (χ0v) is 21.9. The first-order valence-corrected chi connectivity index (χ1v) is 13.0. The fraction of sp³-hybridized carbons (Fsp3) is 0.630. The molecule has 9 nitrogen and oxygen atoms in total. The summed E-state index contributed by atoms with van der Waals surface area (Å²) in [5.41, 5.74) is 0.339. The predicted octanol–water partition coefficient (Wildman–Crippen LogP) is 4.87. The Morgan fingerprint density at radius 3 is 2.56 bits per heavy atom. The van der Waals surface area contributed by atoms with Crippen molar-refractivity contribution in [1.82, 2.24) is 19.9 Å². The molecule has 2 aromatic heterocycles. The Labute approximate surface area is 213 Å². The fourth-order valence-electron chi connectivity index (χ4n) is 4.42. The first-order valence-electron chi connectivity index (χ1n) is 13.0. The molecule has 1 aliphatic rings. The molecule has 1 saturated carbocycles. The van der Waals surface area contributed by atoms with Gasteiger partial charge in [-0.3, -0.25) is 9.78 Å². The molecule has 1 N–H and O–H groups in total. The normalized spacial score (nSPS) is 18.8. The second-order valence-electron chi connectivity index (χ2n) is 10.3. The van der Waals surface area contributed by atoms with Crippen LogP contribution in [0.4, 0.5) is 4.79 Å². The zero-order chi connectivity index (χ0) is 26.0. The van der Waals surface area contributed by atoms with E-state index in [0.717, 1.165) is 37.1 Å². The van der Waals surface area contributed by atoms with Crippen molar-refractivity contribution in [2.75, 3.05) is 13.2 Å². The Balaban J connectivity index is 1.47. The third-order valence-electron chi connectivity index (χ3n) is 6.15. The van der Waals surface area contributed by atoms with Gasteiger partial charge in [0, 0.05) is 37.6 Å². The number of ether oxygens (including phenoxy) is 3. The van der Waals surface area contributed by atoms with E-state index < -0.39 is 11.7 Å². The number of carbonyl (C=O) groups excluding carboxylic acids is 2. The molecule has 1 atom stereocenters. The fourth-order valence-corrected chi connectivity index (χ4v) is 4.42. The van der Waals surface area contributed by atoms with Gasteiger partial charge in [0.25, 0.3) is 0 Å². The Morgan fingerprint density at radius 2 is 1.89 bits per heavy atom. The second kappa shape index (κ2) is 13.3. The quantitative estimate of drug-likeness (QED) is 0.347. The number of imidazole rings is 1. The molecule has 1 aliphatic carbocycles. The molecule has 0 saturated heterocycles. The summed E-state index contributed by atoms with van der Waals surface area (Å²) < 4.78 is 18.8. The number of carbonyl (C=O) groups is 2. The molecule has 1 fully saturated rings. The smallest absolute Gasteiger partial charge is 0.407 e. The van der Waals surface area contributed by atoms with E-state index in [1.807, 2.05) is 46.2 Å². The van der Waals surface area contributed by atoms with E-state index in [4.69, 9.17) is 14.2 Å². The number of amides is 1. The van der Waals surface area contributed by atoms with Gasteiger partial charge in [0.15, 0.2) is 0 Å². The highest BCUT2D eigenvalue weighted by molar-refractivity contribution is 5.72. The van der Waals surface area contributed by atoms with Gasteiger partial charge in [0.05, 0.1) is 30.7 Å². The molecule has 0 bridgehead atoms. The summed E-state index contributed by atoms with van der Waals surface area (Å²) in [6.45, 7) is 8.05. The summed E-state index contributed by atoms with van der Waals surface area (Å²) in [7, 11) is 0. The molecule has 9 heteroatoms. The van der Waals surface area contributed by atoms with E-state index in [-0.39, 0.29) is 18.0 Å². The Bertz CT molecular complexity index is 949. The molecular weight excluding hydrogens is 460 g/mol. The molecule has 0 radical (unpaired) electrons. The number of aromatic nitrogens is 3. The summed E-state index contributed by atoms with van der Waals surface area (Å²) in [6, 6.07) is 4.16. The third-order valence-corrected chi connectivity index (χ3v) is 6.15. The van der Waals surface area contributed by atoms with Crippen LogP contribution < -0.4 is 10.1 Å². The van der Waals surface area contributed by atoms with Gasteiger partial charge >= 0.3 is 12.1 Å². The summed E-state index contributed by atoms with van der Waals surface area (Å²) in [5.74, 6) is 0.334. The first-order chi connectivity index (χ1) is 17.2. The topological polar surface area (TPSA) is 105 Å². The number of esters is 1. The molecule has 36 heavy (non-hydrogen) atoms. The molecule has 1 unspecified atom stereocenters. The highest BCUT2D eigenvalue weighted by Gasteiger charge is 2.25. The van der Waals surface area contributed by atoms with Crippen LogP contribution in [0.3, 0.4) is 0 Å². The van der Waals surface area contributed by atoms with Crippen LogP contribution in [0.15, 0.2) is 37.1 Å². The number of hydrogen-bond donors (Lipinski definition) is 1. The molecule has 0 aromatic carbocycles. The van der Waals surface area contributed by atoms with Gasteiger partial charge in [-0.25, -0.2) is 9.78 Å². The van der Waals surface area contributed by atoms with Gasteiger partial charge in [-0.05, 0) is 78.4 Å². The van der Waals surface area contributed by atoms with Crippen LogP contribution in [0.2, 0.25) is 0 Å². The van der Waals surface area contributed by atoms with Crippen molar-refractivity contribution in [3.8, 4) is 5.75 Å². The summed E-state index contributed by atoms with van der Waals surface area (Å²) >= 11 is 0. The largest absolute Gasteiger partial charge is 0.490 e. The Hall–Kier alpha value is -3.10. The maximum absolute atomic E-state index is 12.6. The average molecular weight is 501 g/mol. The van der Waals surface area contributed by atoms with E-state index in [2.05, 4.69) is 26.0 Å². The Morgan fingerprint density at radius 1 is 1.17 bits per heavy atom. The second-order valence-corrected chi connectivity index (χ2v) is 10.3. The number of nitrogens with one attached hydrogen (secondary N) is 1. The van der Waals surface area contributed by atoms with Crippen molar-refractivity contribution < 1.29 is 23.8 Å². The van der Waals surface area contributed by atoms with Crippen LogP contribution in [0.1, 0.15) is 78.0 Å². The van der Waals surface area contributed by atoms with E-state index in [9.17, 15) is 9.59 Å². The van der Waals surface area contributed by atoms with Crippen molar-refractivity contribution in [3.63, 3.8) is 0 Å². The first kappa shape index (κ1) is 27.5. The number of pyridine rings is 1. The standard InChI is InChI=1S/C27H40N4O5/c1-5-34-25(32)20(7-6-14-29-26(33)36-27(2,3)4)17-21-18-31(19-30-21)22-8-10-23(11-9-22)35-24-12-15-28-16-13-24/h12-13,15-16,18-20,22-23H,5-11,14,17H2,1-4H3,(H,29,33)/t20?,22-,23-. The monoisotopic (exact) mass is 500 g/mol. The van der Waals surface area contributed by atoms with E-state index in [0.29, 0.717) is 38.5 Å². The zero-order valence-electron chi connectivity index (χ0n) is 21.9. The van der Waals surface area contributed by atoms with Gasteiger partial charge in [0.1, 0.15) is 11.4 Å².